The van der Waals surface area contributed by atoms with Gasteiger partial charge in [-0.05, 0) is 57.9 Å². The van der Waals surface area contributed by atoms with E-state index in [9.17, 15) is 18.0 Å². The van der Waals surface area contributed by atoms with E-state index in [1.807, 2.05) is 0 Å². The van der Waals surface area contributed by atoms with Crippen molar-refractivity contribution in [3.63, 3.8) is 0 Å². The van der Waals surface area contributed by atoms with Gasteiger partial charge in [-0.2, -0.15) is 0 Å². The summed E-state index contributed by atoms with van der Waals surface area (Å²) in [6.45, 7) is 4.98. The SMILES string of the molecule is CC(C)NS(=O)(=O)c1ccc(NC(=O)[C@H](C)OC(=O)C2CCC2)cc1. The van der Waals surface area contributed by atoms with Crippen molar-refractivity contribution in [1.29, 1.82) is 0 Å². The Labute approximate surface area is 148 Å². The highest BCUT2D eigenvalue weighted by Gasteiger charge is 2.29. The third-order valence-corrected chi connectivity index (χ3v) is 5.60. The maximum Gasteiger partial charge on any atom is 0.309 e. The lowest BCUT2D eigenvalue weighted by Crippen LogP contribution is -2.34. The Kier molecular flexibility index (Phi) is 6.18. The first-order valence-corrected chi connectivity index (χ1v) is 9.81. The highest BCUT2D eigenvalue weighted by molar-refractivity contribution is 7.89. The third-order valence-electron chi connectivity index (χ3n) is 3.92. The molecule has 1 aliphatic carbocycles. The summed E-state index contributed by atoms with van der Waals surface area (Å²) in [5.41, 5.74) is 0.431. The Morgan fingerprint density at radius 1 is 1.12 bits per heavy atom. The van der Waals surface area contributed by atoms with Crippen LogP contribution in [0.5, 0.6) is 0 Å². The first kappa shape index (κ1) is 19.4. The van der Waals surface area contributed by atoms with Crippen LogP contribution in [0.1, 0.15) is 40.0 Å². The second-order valence-electron chi connectivity index (χ2n) is 6.50. The van der Waals surface area contributed by atoms with Crippen molar-refractivity contribution in [3.8, 4) is 0 Å². The van der Waals surface area contributed by atoms with Gasteiger partial charge in [0.1, 0.15) is 0 Å². The summed E-state index contributed by atoms with van der Waals surface area (Å²) in [4.78, 5) is 24.0. The van der Waals surface area contributed by atoms with Gasteiger partial charge >= 0.3 is 5.97 Å². The number of benzene rings is 1. The number of ether oxygens (including phenoxy) is 1. The molecule has 1 fully saturated rings. The predicted octanol–water partition coefficient (Wildman–Crippen LogP) is 2.04. The van der Waals surface area contributed by atoms with Gasteiger partial charge in [-0.1, -0.05) is 6.42 Å². The van der Waals surface area contributed by atoms with Crippen LogP contribution in [0.2, 0.25) is 0 Å². The predicted molar refractivity (Wildman–Crippen MR) is 93.4 cm³/mol. The Morgan fingerprint density at radius 2 is 1.72 bits per heavy atom. The van der Waals surface area contributed by atoms with E-state index in [1.165, 1.54) is 31.2 Å². The molecule has 1 aliphatic rings. The molecule has 1 aromatic rings. The standard InChI is InChI=1S/C17H24N2O5S/c1-11(2)19-25(22,23)15-9-7-14(8-10-15)18-16(20)12(3)24-17(21)13-5-4-6-13/h7-13,19H,4-6H2,1-3H3,(H,18,20)/t12-/m0/s1. The van der Waals surface area contributed by atoms with E-state index in [0.29, 0.717) is 5.69 Å². The van der Waals surface area contributed by atoms with Gasteiger partial charge in [-0.25, -0.2) is 13.1 Å². The van der Waals surface area contributed by atoms with Gasteiger partial charge in [-0.3, -0.25) is 9.59 Å². The van der Waals surface area contributed by atoms with Gasteiger partial charge in [-0.15, -0.1) is 0 Å². The van der Waals surface area contributed by atoms with Crippen LogP contribution in [0.15, 0.2) is 29.2 Å². The molecular formula is C17H24N2O5S. The molecule has 1 aromatic carbocycles. The van der Waals surface area contributed by atoms with Crippen molar-refractivity contribution in [2.24, 2.45) is 5.92 Å². The minimum atomic E-state index is -3.58. The highest BCUT2D eigenvalue weighted by Crippen LogP contribution is 2.27. The molecule has 7 nitrogen and oxygen atoms in total. The Hall–Kier alpha value is -1.93. The summed E-state index contributed by atoms with van der Waals surface area (Å²) < 4.78 is 31.7. The molecule has 0 unspecified atom stereocenters. The van der Waals surface area contributed by atoms with E-state index >= 15 is 0 Å². The Balaban J connectivity index is 1.93. The monoisotopic (exact) mass is 368 g/mol. The molecule has 0 saturated heterocycles. The van der Waals surface area contributed by atoms with Crippen molar-refractivity contribution < 1.29 is 22.7 Å². The summed E-state index contributed by atoms with van der Waals surface area (Å²) >= 11 is 0. The third kappa shape index (κ3) is 5.27. The second-order valence-corrected chi connectivity index (χ2v) is 8.21. The van der Waals surface area contributed by atoms with Crippen molar-refractivity contribution in [1.82, 2.24) is 4.72 Å². The maximum atomic E-state index is 12.1. The summed E-state index contributed by atoms with van der Waals surface area (Å²) in [6.07, 6.45) is 1.74. The van der Waals surface area contributed by atoms with Gasteiger partial charge in [0.05, 0.1) is 10.8 Å². The lowest BCUT2D eigenvalue weighted by molar-refractivity contribution is -0.159. The van der Waals surface area contributed by atoms with Gasteiger partial charge in [0.15, 0.2) is 6.10 Å². The molecule has 25 heavy (non-hydrogen) atoms. The molecule has 8 heteroatoms. The number of carbonyl (C=O) groups excluding carboxylic acids is 2. The Morgan fingerprint density at radius 3 is 2.20 bits per heavy atom. The Bertz CT molecular complexity index is 724. The molecule has 1 amide bonds. The zero-order chi connectivity index (χ0) is 18.6. The minimum Gasteiger partial charge on any atom is -0.452 e. The van der Waals surface area contributed by atoms with Crippen molar-refractivity contribution in [3.05, 3.63) is 24.3 Å². The molecule has 2 N–H and O–H groups in total. The smallest absolute Gasteiger partial charge is 0.309 e. The second kappa shape index (κ2) is 7.97. The molecule has 0 radical (unpaired) electrons. The van der Waals surface area contributed by atoms with Crippen LogP contribution in [-0.2, 0) is 24.3 Å². The van der Waals surface area contributed by atoms with E-state index in [0.717, 1.165) is 19.3 Å². The first-order chi connectivity index (χ1) is 11.7. The molecule has 138 valence electrons. The zero-order valence-electron chi connectivity index (χ0n) is 14.6. The van der Waals surface area contributed by atoms with Crippen LogP contribution in [0, 0.1) is 5.92 Å². The first-order valence-electron chi connectivity index (χ1n) is 8.33. The summed E-state index contributed by atoms with van der Waals surface area (Å²) in [6, 6.07) is 5.59. The number of rotatable bonds is 7. The number of hydrogen-bond acceptors (Lipinski definition) is 5. The van der Waals surface area contributed by atoms with E-state index in [1.54, 1.807) is 13.8 Å². The van der Waals surface area contributed by atoms with Crippen molar-refractivity contribution >= 4 is 27.6 Å². The van der Waals surface area contributed by atoms with Crippen LogP contribution in [0.4, 0.5) is 5.69 Å². The fourth-order valence-electron chi connectivity index (χ4n) is 2.31. The summed E-state index contributed by atoms with van der Waals surface area (Å²) in [7, 11) is -3.58. The number of amides is 1. The average Bonchev–Trinajstić information content (AvgIpc) is 2.44. The molecule has 0 spiro atoms. The van der Waals surface area contributed by atoms with Crippen LogP contribution in [0.3, 0.4) is 0 Å². The van der Waals surface area contributed by atoms with Crippen molar-refractivity contribution in [2.75, 3.05) is 5.32 Å². The quantitative estimate of drug-likeness (QED) is 0.717. The summed E-state index contributed by atoms with van der Waals surface area (Å²) in [5, 5.41) is 2.61. The normalized spacial score (nSPS) is 16.2. The topological polar surface area (TPSA) is 102 Å². The van der Waals surface area contributed by atoms with Crippen molar-refractivity contribution in [2.45, 2.75) is 57.1 Å². The lowest BCUT2D eigenvalue weighted by atomic mass is 9.86. The number of hydrogen-bond donors (Lipinski definition) is 2. The summed E-state index contributed by atoms with van der Waals surface area (Å²) in [5.74, 6) is -0.883. The van der Waals surface area contributed by atoms with Crippen LogP contribution in [0.25, 0.3) is 0 Å². The number of esters is 1. The van der Waals surface area contributed by atoms with Crippen LogP contribution < -0.4 is 10.0 Å². The number of sulfonamides is 1. The average molecular weight is 368 g/mol. The molecule has 1 atom stereocenters. The maximum absolute atomic E-state index is 12.1. The lowest BCUT2D eigenvalue weighted by Gasteiger charge is -2.24. The molecule has 2 rings (SSSR count). The van der Waals surface area contributed by atoms with E-state index in [-0.39, 0.29) is 22.8 Å². The fraction of sp³-hybridized carbons (Fsp3) is 0.529. The van der Waals surface area contributed by atoms with Crippen LogP contribution in [-0.4, -0.2) is 32.4 Å². The highest BCUT2D eigenvalue weighted by atomic mass is 32.2. The zero-order valence-corrected chi connectivity index (χ0v) is 15.4. The molecule has 0 aromatic heterocycles. The molecule has 1 saturated carbocycles. The number of carbonyl (C=O) groups is 2. The fourth-order valence-corrected chi connectivity index (χ4v) is 3.56. The largest absolute Gasteiger partial charge is 0.452 e. The molecular weight excluding hydrogens is 344 g/mol. The van der Waals surface area contributed by atoms with Gasteiger partial charge in [0.2, 0.25) is 10.0 Å². The van der Waals surface area contributed by atoms with Gasteiger partial charge in [0, 0.05) is 11.7 Å². The van der Waals surface area contributed by atoms with E-state index < -0.39 is 22.0 Å². The van der Waals surface area contributed by atoms with E-state index in [4.69, 9.17) is 4.74 Å². The number of anilines is 1. The van der Waals surface area contributed by atoms with E-state index in [2.05, 4.69) is 10.0 Å². The molecule has 0 heterocycles. The molecule has 0 bridgehead atoms. The van der Waals surface area contributed by atoms with Crippen LogP contribution >= 0.6 is 0 Å². The molecule has 0 aliphatic heterocycles. The number of nitrogens with one attached hydrogen (secondary N) is 2. The minimum absolute atomic E-state index is 0.0896. The van der Waals surface area contributed by atoms with Gasteiger partial charge in [0.25, 0.3) is 5.91 Å². The van der Waals surface area contributed by atoms with Gasteiger partial charge < -0.3 is 10.1 Å².